The second-order valence-electron chi connectivity index (χ2n) is 2.97. The second-order valence-corrected chi connectivity index (χ2v) is 2.97. The van der Waals surface area contributed by atoms with E-state index in [2.05, 4.69) is 0 Å². The zero-order chi connectivity index (χ0) is 9.56. The van der Waals surface area contributed by atoms with Crippen molar-refractivity contribution in [1.82, 2.24) is 0 Å². The van der Waals surface area contributed by atoms with Crippen LogP contribution in [-0.2, 0) is 4.79 Å². The van der Waals surface area contributed by atoms with Crippen LogP contribution >= 0.6 is 0 Å². The first-order valence-corrected chi connectivity index (χ1v) is 3.95. The van der Waals surface area contributed by atoms with Gasteiger partial charge in [0.05, 0.1) is 0 Å². The van der Waals surface area contributed by atoms with Crippen molar-refractivity contribution >= 4 is 5.78 Å². The van der Waals surface area contributed by atoms with Crippen molar-refractivity contribution in [1.29, 1.82) is 0 Å². The lowest BCUT2D eigenvalue weighted by Crippen LogP contribution is -1.90. The first-order chi connectivity index (χ1) is 5.56. The summed E-state index contributed by atoms with van der Waals surface area (Å²) in [6.45, 7) is 4.79. The Morgan fingerprint density at radius 2 is 1.92 bits per heavy atom. The zero-order valence-electron chi connectivity index (χ0n) is 7.86. The van der Waals surface area contributed by atoms with E-state index in [1.54, 1.807) is 6.92 Å². The molecule has 0 spiro atoms. The van der Waals surface area contributed by atoms with Gasteiger partial charge < -0.3 is 0 Å². The molecular weight excluding hydrogens is 155 g/mol. The molecule has 0 aliphatic heterocycles. The van der Waals surface area contributed by atoms with Gasteiger partial charge in [0.2, 0.25) is 0 Å². The van der Waals surface area contributed by atoms with Crippen LogP contribution in [0.2, 0.25) is 0 Å². The number of Topliss-reactive ketones (excluding diaryl/α,β-unsaturated/α-hetero) is 1. The summed E-state index contributed by atoms with van der Waals surface area (Å²) in [6, 6.07) is 0. The summed E-state index contributed by atoms with van der Waals surface area (Å²) >= 11 is 0. The quantitative estimate of drug-likeness (QED) is 0.593. The molecule has 0 aromatic carbocycles. The summed E-state index contributed by atoms with van der Waals surface area (Å²) in [5.41, 5.74) is 1.85. The van der Waals surface area contributed by atoms with E-state index in [1.165, 1.54) is 6.08 Å². The van der Waals surface area contributed by atoms with Crippen LogP contribution in [0.25, 0.3) is 0 Å². The number of carbonyl (C=O) groups excluding carboxylic acids is 1. The van der Waals surface area contributed by atoms with Gasteiger partial charge >= 0.3 is 0 Å². The average molecular weight is 170 g/mol. The summed E-state index contributed by atoms with van der Waals surface area (Å²) < 4.78 is 11.8. The molecule has 0 aliphatic carbocycles. The summed E-state index contributed by atoms with van der Waals surface area (Å²) in [5.74, 6) is 0.136. The fourth-order valence-corrected chi connectivity index (χ4v) is 1.01. The van der Waals surface area contributed by atoms with Gasteiger partial charge in [-0.15, -0.1) is 0 Å². The van der Waals surface area contributed by atoms with Crippen molar-refractivity contribution < 1.29 is 9.18 Å². The molecule has 0 saturated carbocycles. The summed E-state index contributed by atoms with van der Waals surface area (Å²) in [4.78, 5) is 10.7. The number of ketones is 1. The molecule has 0 N–H and O–H groups in total. The van der Waals surface area contributed by atoms with E-state index in [0.29, 0.717) is 6.42 Å². The summed E-state index contributed by atoms with van der Waals surface area (Å²) in [5, 5.41) is 0. The highest BCUT2D eigenvalue weighted by Crippen LogP contribution is 2.05. The molecule has 68 valence electrons. The van der Waals surface area contributed by atoms with Crippen LogP contribution in [0, 0.1) is 0 Å². The number of hydrogen-bond donors (Lipinski definition) is 0. The minimum atomic E-state index is -0.449. The third-order valence-corrected chi connectivity index (χ3v) is 1.40. The Balaban J connectivity index is 4.15. The van der Waals surface area contributed by atoms with Crippen molar-refractivity contribution in [3.63, 3.8) is 0 Å². The number of allylic oxidation sites excluding steroid dienone is 4. The standard InChI is InChI=1S/C10H15FO/c1-8(4-5-11)6-9(2)7-10(3)12/h4,6H,5,7H2,1-3H3/b8-4-,9-6-. The van der Waals surface area contributed by atoms with Gasteiger partial charge in [0, 0.05) is 6.42 Å². The average Bonchev–Trinajstić information content (AvgIpc) is 1.84. The number of rotatable bonds is 4. The molecule has 0 aliphatic rings. The Morgan fingerprint density at radius 3 is 2.33 bits per heavy atom. The lowest BCUT2D eigenvalue weighted by Gasteiger charge is -1.96. The Hall–Kier alpha value is -0.920. The molecule has 0 aromatic heterocycles. The second kappa shape index (κ2) is 5.70. The fraction of sp³-hybridized carbons (Fsp3) is 0.500. The predicted molar refractivity (Wildman–Crippen MR) is 48.8 cm³/mol. The first-order valence-electron chi connectivity index (χ1n) is 3.95. The Labute approximate surface area is 73.0 Å². The summed E-state index contributed by atoms with van der Waals surface area (Å²) in [6.07, 6.45) is 3.78. The molecule has 1 nitrogen and oxygen atoms in total. The van der Waals surface area contributed by atoms with E-state index >= 15 is 0 Å². The van der Waals surface area contributed by atoms with Crippen LogP contribution in [-0.4, -0.2) is 12.5 Å². The molecule has 0 fully saturated rings. The topological polar surface area (TPSA) is 17.1 Å². The third-order valence-electron chi connectivity index (χ3n) is 1.40. The van der Waals surface area contributed by atoms with Crippen LogP contribution in [0.3, 0.4) is 0 Å². The molecule has 0 bridgehead atoms. The Bertz CT molecular complexity index is 214. The van der Waals surface area contributed by atoms with Crippen molar-refractivity contribution in [3.8, 4) is 0 Å². The van der Waals surface area contributed by atoms with Crippen molar-refractivity contribution in [2.24, 2.45) is 0 Å². The van der Waals surface area contributed by atoms with Crippen LogP contribution in [0.15, 0.2) is 23.3 Å². The van der Waals surface area contributed by atoms with Crippen LogP contribution < -0.4 is 0 Å². The SMILES string of the molecule is CC(=O)C/C(C)=C\C(C)=C/CF. The highest BCUT2D eigenvalue weighted by Gasteiger charge is 1.94. The molecule has 12 heavy (non-hydrogen) atoms. The maximum Gasteiger partial charge on any atom is 0.133 e. The maximum atomic E-state index is 11.8. The van der Waals surface area contributed by atoms with E-state index < -0.39 is 6.67 Å². The van der Waals surface area contributed by atoms with Crippen LogP contribution in [0.4, 0.5) is 4.39 Å². The van der Waals surface area contributed by atoms with E-state index in [4.69, 9.17) is 0 Å². The largest absolute Gasteiger partial charge is 0.300 e. The lowest BCUT2D eigenvalue weighted by atomic mass is 10.1. The Kier molecular flexibility index (Phi) is 5.26. The highest BCUT2D eigenvalue weighted by atomic mass is 19.1. The van der Waals surface area contributed by atoms with E-state index in [0.717, 1.165) is 11.1 Å². The third kappa shape index (κ3) is 5.83. The van der Waals surface area contributed by atoms with Gasteiger partial charge in [-0.2, -0.15) is 0 Å². The molecular formula is C10H15FO. The molecule has 0 radical (unpaired) electrons. The number of alkyl halides is 1. The maximum absolute atomic E-state index is 11.8. The normalized spacial score (nSPS) is 13.3. The van der Waals surface area contributed by atoms with Gasteiger partial charge in [0.25, 0.3) is 0 Å². The van der Waals surface area contributed by atoms with E-state index in [-0.39, 0.29) is 5.78 Å². The van der Waals surface area contributed by atoms with Gasteiger partial charge in [-0.3, -0.25) is 4.79 Å². The molecule has 0 amide bonds. The fourth-order valence-electron chi connectivity index (χ4n) is 1.01. The smallest absolute Gasteiger partial charge is 0.133 e. The minimum Gasteiger partial charge on any atom is -0.300 e. The van der Waals surface area contributed by atoms with E-state index in [1.807, 2.05) is 19.9 Å². The molecule has 0 heterocycles. The van der Waals surface area contributed by atoms with Crippen LogP contribution in [0.1, 0.15) is 27.2 Å². The first kappa shape index (κ1) is 11.1. The van der Waals surface area contributed by atoms with E-state index in [9.17, 15) is 9.18 Å². The van der Waals surface area contributed by atoms with Gasteiger partial charge in [0.15, 0.2) is 0 Å². The monoisotopic (exact) mass is 170 g/mol. The molecule has 0 atom stereocenters. The molecule has 0 saturated heterocycles. The zero-order valence-corrected chi connectivity index (χ0v) is 7.86. The molecule has 2 heteroatoms. The molecule has 0 rings (SSSR count). The van der Waals surface area contributed by atoms with Crippen molar-refractivity contribution in [3.05, 3.63) is 23.3 Å². The minimum absolute atomic E-state index is 0.136. The number of hydrogen-bond acceptors (Lipinski definition) is 1. The number of carbonyl (C=O) groups is 1. The van der Waals surface area contributed by atoms with Gasteiger partial charge in [-0.1, -0.05) is 23.3 Å². The van der Waals surface area contributed by atoms with Crippen LogP contribution in [0.5, 0.6) is 0 Å². The van der Waals surface area contributed by atoms with Crippen molar-refractivity contribution in [2.45, 2.75) is 27.2 Å². The van der Waals surface area contributed by atoms with Gasteiger partial charge in [0.1, 0.15) is 12.5 Å². The Morgan fingerprint density at radius 1 is 1.33 bits per heavy atom. The molecule has 0 unspecified atom stereocenters. The highest BCUT2D eigenvalue weighted by molar-refractivity contribution is 5.78. The lowest BCUT2D eigenvalue weighted by molar-refractivity contribution is -0.116. The van der Waals surface area contributed by atoms with Crippen molar-refractivity contribution in [2.75, 3.05) is 6.67 Å². The van der Waals surface area contributed by atoms with Gasteiger partial charge in [-0.25, -0.2) is 4.39 Å². The van der Waals surface area contributed by atoms with Gasteiger partial charge in [-0.05, 0) is 20.8 Å². The molecule has 0 aromatic rings. The predicted octanol–water partition coefficient (Wildman–Crippen LogP) is 2.83. The number of halogens is 1. The summed E-state index contributed by atoms with van der Waals surface area (Å²) in [7, 11) is 0.